The second kappa shape index (κ2) is 13.0. The summed E-state index contributed by atoms with van der Waals surface area (Å²) >= 11 is 5.88. The van der Waals surface area contributed by atoms with Crippen molar-refractivity contribution in [1.82, 2.24) is 9.88 Å². The van der Waals surface area contributed by atoms with E-state index in [0.29, 0.717) is 47.5 Å². The van der Waals surface area contributed by atoms with Gasteiger partial charge in [0, 0.05) is 36.2 Å². The lowest BCUT2D eigenvalue weighted by atomic mass is 9.94. The molecule has 0 saturated carbocycles. The van der Waals surface area contributed by atoms with Gasteiger partial charge in [0.25, 0.3) is 0 Å². The number of nitrogens with zero attached hydrogens (tertiary/aromatic N) is 2. The van der Waals surface area contributed by atoms with Crippen LogP contribution in [-0.2, 0) is 14.3 Å². The third kappa shape index (κ3) is 6.40. The molecule has 3 amide bonds. The number of aromatic nitrogens is 1. The van der Waals surface area contributed by atoms with Crippen molar-refractivity contribution < 1.29 is 37.4 Å². The SMILES string of the molecule is COC(=O)Nc1ccc2c(c1)NC(=O)C(C)CCC[C@H](N1CC[C@H](c3c(F)ccc(Cl)c3F)OC1=O)c1cc-2cc(OC)n1. The molecule has 2 aliphatic heterocycles. The number of ether oxygens (including phenoxy) is 3. The maximum absolute atomic E-state index is 14.7. The Morgan fingerprint density at radius 3 is 2.64 bits per heavy atom. The number of hydrogen-bond acceptors (Lipinski definition) is 7. The van der Waals surface area contributed by atoms with Crippen LogP contribution in [0.15, 0.2) is 42.5 Å². The molecule has 1 fully saturated rings. The fourth-order valence-corrected chi connectivity index (χ4v) is 5.66. The molecule has 2 aromatic carbocycles. The molecule has 2 bridgehead atoms. The third-order valence-electron chi connectivity index (χ3n) is 7.84. The highest BCUT2D eigenvalue weighted by atomic mass is 35.5. The zero-order valence-corrected chi connectivity index (χ0v) is 25.0. The lowest BCUT2D eigenvalue weighted by Crippen LogP contribution is -2.42. The molecule has 3 atom stereocenters. The highest BCUT2D eigenvalue weighted by molar-refractivity contribution is 6.30. The summed E-state index contributed by atoms with van der Waals surface area (Å²) in [6.45, 7) is 1.93. The predicted molar refractivity (Wildman–Crippen MR) is 159 cm³/mol. The van der Waals surface area contributed by atoms with E-state index < -0.39 is 36.0 Å². The number of cyclic esters (lactones) is 1. The quantitative estimate of drug-likeness (QED) is 0.292. The number of rotatable bonds is 4. The van der Waals surface area contributed by atoms with Crippen molar-refractivity contribution >= 4 is 41.1 Å². The van der Waals surface area contributed by atoms with E-state index >= 15 is 0 Å². The Bertz CT molecular complexity index is 1610. The van der Waals surface area contributed by atoms with Gasteiger partial charge in [-0.3, -0.25) is 15.0 Å². The zero-order chi connectivity index (χ0) is 31.5. The summed E-state index contributed by atoms with van der Waals surface area (Å²) in [5, 5.41) is 5.31. The van der Waals surface area contributed by atoms with E-state index in [-0.39, 0.29) is 41.3 Å². The summed E-state index contributed by atoms with van der Waals surface area (Å²) in [5.74, 6) is -2.13. The van der Waals surface area contributed by atoms with E-state index in [2.05, 4.69) is 15.6 Å². The van der Waals surface area contributed by atoms with Crippen LogP contribution in [0.5, 0.6) is 5.88 Å². The van der Waals surface area contributed by atoms with Crippen LogP contribution in [0, 0.1) is 17.6 Å². The lowest BCUT2D eigenvalue weighted by Gasteiger charge is -2.37. The molecule has 2 N–H and O–H groups in total. The van der Waals surface area contributed by atoms with Crippen molar-refractivity contribution in [3.05, 3.63) is 70.4 Å². The van der Waals surface area contributed by atoms with Gasteiger partial charge in [0.2, 0.25) is 11.8 Å². The number of amides is 3. The third-order valence-corrected chi connectivity index (χ3v) is 8.13. The van der Waals surface area contributed by atoms with E-state index in [0.717, 1.165) is 12.1 Å². The number of carbonyl (C=O) groups is 3. The number of anilines is 2. The summed E-state index contributed by atoms with van der Waals surface area (Å²) in [6.07, 6.45) is -0.969. The zero-order valence-electron chi connectivity index (χ0n) is 24.3. The Morgan fingerprint density at radius 1 is 1.11 bits per heavy atom. The van der Waals surface area contributed by atoms with Crippen molar-refractivity contribution in [2.45, 2.75) is 44.8 Å². The Balaban J connectivity index is 1.54. The van der Waals surface area contributed by atoms with Gasteiger partial charge in [0.1, 0.15) is 11.9 Å². The number of hydrogen-bond donors (Lipinski definition) is 2. The smallest absolute Gasteiger partial charge is 0.411 e. The molecular weight excluding hydrogens is 598 g/mol. The molecular formula is C31H31ClF2N4O6. The Labute approximate surface area is 257 Å². The molecule has 13 heteroatoms. The molecule has 3 aromatic rings. The van der Waals surface area contributed by atoms with Gasteiger partial charge in [0.05, 0.1) is 42.2 Å². The fraction of sp³-hybridized carbons (Fsp3) is 0.355. The molecule has 232 valence electrons. The molecule has 1 saturated heterocycles. The second-order valence-electron chi connectivity index (χ2n) is 10.6. The Hall–Kier alpha value is -4.45. The van der Waals surface area contributed by atoms with Crippen LogP contribution in [0.1, 0.15) is 56.0 Å². The van der Waals surface area contributed by atoms with Gasteiger partial charge in [-0.25, -0.2) is 23.4 Å². The summed E-state index contributed by atoms with van der Waals surface area (Å²) in [6, 6.07) is 10.1. The largest absolute Gasteiger partial charge is 0.481 e. The summed E-state index contributed by atoms with van der Waals surface area (Å²) < 4.78 is 45.1. The maximum atomic E-state index is 14.7. The molecule has 0 aliphatic carbocycles. The lowest BCUT2D eigenvalue weighted by molar-refractivity contribution is -0.119. The standard InChI is InChI=1S/C31H31ClF2N4O6/c1-16-5-4-6-24(38-12-11-25(44-31(38)41)27-21(33)10-9-20(32)28(27)34)23-13-17(14-26(36-23)42-2)19-8-7-18(35-30(40)43-3)15-22(19)37-29(16)39/h7-10,13-16,24-25H,4-6,11-12H2,1-3H3,(H,35,40)(H,37,39)/t16?,24-,25+/m0/s1. The first-order valence-corrected chi connectivity index (χ1v) is 14.4. The summed E-state index contributed by atoms with van der Waals surface area (Å²) in [7, 11) is 2.72. The highest BCUT2D eigenvalue weighted by Gasteiger charge is 2.37. The molecule has 0 spiro atoms. The van der Waals surface area contributed by atoms with Crippen LogP contribution >= 0.6 is 11.6 Å². The first-order valence-electron chi connectivity index (χ1n) is 14.1. The van der Waals surface area contributed by atoms with E-state index in [1.165, 1.54) is 19.1 Å². The molecule has 1 aromatic heterocycles. The maximum Gasteiger partial charge on any atom is 0.411 e. The minimum Gasteiger partial charge on any atom is -0.481 e. The normalized spacial score (nSPS) is 20.3. The minimum absolute atomic E-state index is 0.116. The fourth-order valence-electron chi connectivity index (χ4n) is 5.49. The molecule has 2 aliphatic rings. The Kier molecular flexibility index (Phi) is 9.19. The van der Waals surface area contributed by atoms with Crippen molar-refractivity contribution in [2.24, 2.45) is 5.92 Å². The molecule has 3 heterocycles. The average molecular weight is 629 g/mol. The molecule has 10 nitrogen and oxygen atoms in total. The Morgan fingerprint density at radius 2 is 1.91 bits per heavy atom. The second-order valence-corrected chi connectivity index (χ2v) is 11.1. The van der Waals surface area contributed by atoms with Crippen molar-refractivity contribution in [3.63, 3.8) is 0 Å². The van der Waals surface area contributed by atoms with Gasteiger partial charge in [-0.1, -0.05) is 31.0 Å². The van der Waals surface area contributed by atoms with Crippen molar-refractivity contribution in [1.29, 1.82) is 0 Å². The van der Waals surface area contributed by atoms with Gasteiger partial charge in [-0.05, 0) is 48.7 Å². The van der Waals surface area contributed by atoms with E-state index in [1.807, 2.05) is 0 Å². The highest BCUT2D eigenvalue weighted by Crippen LogP contribution is 2.40. The molecule has 1 unspecified atom stereocenters. The van der Waals surface area contributed by atoms with Gasteiger partial charge >= 0.3 is 12.2 Å². The monoisotopic (exact) mass is 628 g/mol. The van der Waals surface area contributed by atoms with Gasteiger partial charge in [-0.15, -0.1) is 0 Å². The number of halogens is 3. The van der Waals surface area contributed by atoms with Gasteiger partial charge in [-0.2, -0.15) is 0 Å². The van der Waals surface area contributed by atoms with Crippen molar-refractivity contribution in [3.8, 4) is 17.0 Å². The molecule has 0 radical (unpaired) electrons. The first kappa shape index (κ1) is 31.0. The van der Waals surface area contributed by atoms with Crippen molar-refractivity contribution in [2.75, 3.05) is 31.4 Å². The summed E-state index contributed by atoms with van der Waals surface area (Å²) in [5.41, 5.74) is 2.23. The predicted octanol–water partition coefficient (Wildman–Crippen LogP) is 7.25. The number of carbonyl (C=O) groups excluding carboxylic acids is 3. The van der Waals surface area contributed by atoms with Gasteiger partial charge in [0.15, 0.2) is 5.82 Å². The van der Waals surface area contributed by atoms with E-state index in [9.17, 15) is 23.2 Å². The first-order chi connectivity index (χ1) is 21.1. The van der Waals surface area contributed by atoms with Gasteiger partial charge < -0.3 is 19.5 Å². The van der Waals surface area contributed by atoms with Crippen LogP contribution in [-0.4, -0.2) is 48.7 Å². The van der Waals surface area contributed by atoms with Crippen LogP contribution < -0.4 is 15.4 Å². The van der Waals surface area contributed by atoms with E-state index in [4.69, 9.17) is 25.8 Å². The summed E-state index contributed by atoms with van der Waals surface area (Å²) in [4.78, 5) is 44.6. The number of pyridine rings is 1. The molecule has 5 rings (SSSR count). The average Bonchev–Trinajstić information content (AvgIpc) is 3.01. The van der Waals surface area contributed by atoms with Crippen LogP contribution in [0.25, 0.3) is 11.1 Å². The number of benzene rings is 2. The number of methoxy groups -OCH3 is 2. The topological polar surface area (TPSA) is 119 Å². The van der Waals surface area contributed by atoms with Crippen LogP contribution in [0.2, 0.25) is 5.02 Å². The number of fused-ring (bicyclic) bond motifs is 4. The minimum atomic E-state index is -1.15. The van der Waals surface area contributed by atoms with Crippen LogP contribution in [0.4, 0.5) is 29.7 Å². The van der Waals surface area contributed by atoms with Crippen LogP contribution in [0.3, 0.4) is 0 Å². The molecule has 44 heavy (non-hydrogen) atoms. The number of nitrogens with one attached hydrogen (secondary N) is 2. The van der Waals surface area contributed by atoms with E-state index in [1.54, 1.807) is 37.3 Å².